The average Bonchev–Trinajstić information content (AvgIpc) is 2.20. The van der Waals surface area contributed by atoms with Crippen LogP contribution in [0.3, 0.4) is 0 Å². The summed E-state index contributed by atoms with van der Waals surface area (Å²) in [5.41, 5.74) is -0.502. The Labute approximate surface area is 103 Å². The summed E-state index contributed by atoms with van der Waals surface area (Å²) in [6.07, 6.45) is 0.219. The second-order valence-electron chi connectivity index (χ2n) is 4.94. The molecule has 100 valence electrons. The molecule has 0 aromatic carbocycles. The van der Waals surface area contributed by atoms with E-state index in [9.17, 15) is 9.59 Å². The molecule has 1 atom stereocenters. The maximum atomic E-state index is 11.4. The molecular formula is C12H23NO4. The van der Waals surface area contributed by atoms with Gasteiger partial charge in [-0.1, -0.05) is 0 Å². The smallest absolute Gasteiger partial charge is 0.306 e. The number of hydrogen-bond acceptors (Lipinski definition) is 4. The largest absolute Gasteiger partial charge is 0.460 e. The zero-order valence-corrected chi connectivity index (χ0v) is 11.3. The summed E-state index contributed by atoms with van der Waals surface area (Å²) in [5, 5.41) is 2.68. The van der Waals surface area contributed by atoms with Crippen LogP contribution in [0.5, 0.6) is 0 Å². The summed E-state index contributed by atoms with van der Waals surface area (Å²) < 4.78 is 10.1. The van der Waals surface area contributed by atoms with Gasteiger partial charge in [-0.3, -0.25) is 9.59 Å². The zero-order valence-electron chi connectivity index (χ0n) is 11.3. The van der Waals surface area contributed by atoms with Gasteiger partial charge in [0, 0.05) is 20.1 Å². The topological polar surface area (TPSA) is 64.6 Å². The van der Waals surface area contributed by atoms with Gasteiger partial charge in [-0.25, -0.2) is 0 Å². The van der Waals surface area contributed by atoms with E-state index in [4.69, 9.17) is 9.47 Å². The van der Waals surface area contributed by atoms with Crippen molar-refractivity contribution >= 4 is 11.9 Å². The van der Waals surface area contributed by atoms with Gasteiger partial charge in [-0.2, -0.15) is 0 Å². The first kappa shape index (κ1) is 15.9. The molecular weight excluding hydrogens is 222 g/mol. The molecule has 0 aliphatic carbocycles. The van der Waals surface area contributed by atoms with Crippen LogP contribution in [0.25, 0.3) is 0 Å². The molecule has 0 aromatic heterocycles. The predicted octanol–water partition coefficient (Wildman–Crippen LogP) is 1.26. The Kier molecular flexibility index (Phi) is 6.80. The van der Waals surface area contributed by atoms with Crippen LogP contribution in [0.1, 0.15) is 40.5 Å². The number of amides is 1. The SMILES string of the molecule is COC(C)CNC(=O)CCC(=O)OC(C)(C)C. The Morgan fingerprint density at radius 1 is 1.24 bits per heavy atom. The fourth-order valence-corrected chi connectivity index (χ4v) is 1.04. The molecule has 0 aliphatic rings. The van der Waals surface area contributed by atoms with E-state index in [0.29, 0.717) is 6.54 Å². The lowest BCUT2D eigenvalue weighted by Crippen LogP contribution is -2.32. The molecule has 0 radical (unpaired) electrons. The third-order valence-corrected chi connectivity index (χ3v) is 1.97. The highest BCUT2D eigenvalue weighted by Gasteiger charge is 2.17. The van der Waals surface area contributed by atoms with E-state index in [1.54, 1.807) is 27.9 Å². The summed E-state index contributed by atoms with van der Waals surface area (Å²) in [4.78, 5) is 22.7. The highest BCUT2D eigenvalue weighted by atomic mass is 16.6. The summed E-state index contributed by atoms with van der Waals surface area (Å²) in [6, 6.07) is 0. The van der Waals surface area contributed by atoms with Crippen molar-refractivity contribution in [3.05, 3.63) is 0 Å². The second-order valence-corrected chi connectivity index (χ2v) is 4.94. The fourth-order valence-electron chi connectivity index (χ4n) is 1.04. The standard InChI is InChI=1S/C12H23NO4/c1-9(16-5)8-13-10(14)6-7-11(15)17-12(2,3)4/h9H,6-8H2,1-5H3,(H,13,14). The maximum absolute atomic E-state index is 11.4. The quantitative estimate of drug-likeness (QED) is 0.715. The Hall–Kier alpha value is -1.10. The molecule has 5 heteroatoms. The van der Waals surface area contributed by atoms with E-state index in [1.807, 2.05) is 6.92 Å². The van der Waals surface area contributed by atoms with Crippen molar-refractivity contribution in [2.24, 2.45) is 0 Å². The van der Waals surface area contributed by atoms with Gasteiger partial charge in [0.2, 0.25) is 5.91 Å². The molecule has 1 amide bonds. The lowest BCUT2D eigenvalue weighted by atomic mass is 10.2. The maximum Gasteiger partial charge on any atom is 0.306 e. The van der Waals surface area contributed by atoms with Crippen LogP contribution in [0.2, 0.25) is 0 Å². The van der Waals surface area contributed by atoms with Crippen LogP contribution in [-0.2, 0) is 19.1 Å². The van der Waals surface area contributed by atoms with Crippen LogP contribution in [0.15, 0.2) is 0 Å². The van der Waals surface area contributed by atoms with Gasteiger partial charge in [0.1, 0.15) is 5.60 Å². The number of esters is 1. The van der Waals surface area contributed by atoms with Crippen molar-refractivity contribution in [1.82, 2.24) is 5.32 Å². The van der Waals surface area contributed by atoms with Crippen molar-refractivity contribution in [3.63, 3.8) is 0 Å². The van der Waals surface area contributed by atoms with Crippen molar-refractivity contribution in [1.29, 1.82) is 0 Å². The van der Waals surface area contributed by atoms with E-state index in [1.165, 1.54) is 0 Å². The van der Waals surface area contributed by atoms with Gasteiger partial charge in [0.05, 0.1) is 12.5 Å². The molecule has 5 nitrogen and oxygen atoms in total. The van der Waals surface area contributed by atoms with E-state index in [0.717, 1.165) is 0 Å². The van der Waals surface area contributed by atoms with Crippen molar-refractivity contribution < 1.29 is 19.1 Å². The summed E-state index contributed by atoms with van der Waals surface area (Å²) in [5.74, 6) is -0.521. The molecule has 0 heterocycles. The number of carbonyl (C=O) groups is 2. The molecule has 17 heavy (non-hydrogen) atoms. The molecule has 0 spiro atoms. The summed E-state index contributed by atoms with van der Waals surface area (Å²) in [6.45, 7) is 7.69. The minimum absolute atomic E-state index is 0.0273. The fraction of sp³-hybridized carbons (Fsp3) is 0.833. The molecule has 0 bridgehead atoms. The monoisotopic (exact) mass is 245 g/mol. The number of hydrogen-bond donors (Lipinski definition) is 1. The third-order valence-electron chi connectivity index (χ3n) is 1.97. The number of rotatable bonds is 6. The number of methoxy groups -OCH3 is 1. The third kappa shape index (κ3) is 9.81. The van der Waals surface area contributed by atoms with E-state index < -0.39 is 5.60 Å². The van der Waals surface area contributed by atoms with Crippen LogP contribution in [-0.4, -0.2) is 37.2 Å². The molecule has 0 saturated carbocycles. The Bertz CT molecular complexity index is 258. The Morgan fingerprint density at radius 2 is 1.82 bits per heavy atom. The lowest BCUT2D eigenvalue weighted by molar-refractivity contribution is -0.155. The average molecular weight is 245 g/mol. The summed E-state index contributed by atoms with van der Waals surface area (Å²) >= 11 is 0. The van der Waals surface area contributed by atoms with E-state index in [2.05, 4.69) is 5.32 Å². The van der Waals surface area contributed by atoms with E-state index >= 15 is 0 Å². The molecule has 0 aromatic rings. The predicted molar refractivity (Wildman–Crippen MR) is 64.6 cm³/mol. The van der Waals surface area contributed by atoms with Gasteiger partial charge in [-0.15, -0.1) is 0 Å². The minimum atomic E-state index is -0.502. The molecule has 1 N–H and O–H groups in total. The molecule has 0 fully saturated rings. The van der Waals surface area contributed by atoms with Crippen LogP contribution < -0.4 is 5.32 Å². The van der Waals surface area contributed by atoms with Crippen LogP contribution in [0.4, 0.5) is 0 Å². The Balaban J connectivity index is 3.74. The number of carbonyl (C=O) groups excluding carboxylic acids is 2. The van der Waals surface area contributed by atoms with Gasteiger partial charge in [0.25, 0.3) is 0 Å². The van der Waals surface area contributed by atoms with Gasteiger partial charge >= 0.3 is 5.97 Å². The van der Waals surface area contributed by atoms with Crippen LogP contribution >= 0.6 is 0 Å². The highest BCUT2D eigenvalue weighted by Crippen LogP contribution is 2.08. The van der Waals surface area contributed by atoms with E-state index in [-0.39, 0.29) is 30.8 Å². The van der Waals surface area contributed by atoms with Crippen LogP contribution in [0, 0.1) is 0 Å². The normalized spacial score (nSPS) is 13.0. The Morgan fingerprint density at radius 3 is 2.29 bits per heavy atom. The second kappa shape index (κ2) is 7.27. The molecule has 1 unspecified atom stereocenters. The van der Waals surface area contributed by atoms with Gasteiger partial charge in [0.15, 0.2) is 0 Å². The number of nitrogens with one attached hydrogen (secondary N) is 1. The first-order valence-corrected chi connectivity index (χ1v) is 5.76. The van der Waals surface area contributed by atoms with Gasteiger partial charge < -0.3 is 14.8 Å². The first-order valence-electron chi connectivity index (χ1n) is 5.76. The number of ether oxygens (including phenoxy) is 2. The first-order chi connectivity index (χ1) is 7.74. The minimum Gasteiger partial charge on any atom is -0.460 e. The molecule has 0 rings (SSSR count). The molecule has 0 aliphatic heterocycles. The lowest BCUT2D eigenvalue weighted by Gasteiger charge is -2.19. The van der Waals surface area contributed by atoms with Crippen molar-refractivity contribution in [2.45, 2.75) is 52.2 Å². The molecule has 0 saturated heterocycles. The zero-order chi connectivity index (χ0) is 13.5. The van der Waals surface area contributed by atoms with Crippen molar-refractivity contribution in [2.75, 3.05) is 13.7 Å². The van der Waals surface area contributed by atoms with Gasteiger partial charge in [-0.05, 0) is 27.7 Å². The van der Waals surface area contributed by atoms with Crippen molar-refractivity contribution in [3.8, 4) is 0 Å². The highest BCUT2D eigenvalue weighted by molar-refractivity contribution is 5.81. The summed E-state index contributed by atoms with van der Waals surface area (Å²) in [7, 11) is 1.58.